The van der Waals surface area contributed by atoms with E-state index in [2.05, 4.69) is 10.2 Å². The van der Waals surface area contributed by atoms with Gasteiger partial charge in [-0.2, -0.15) is 0 Å². The van der Waals surface area contributed by atoms with Gasteiger partial charge in [0.15, 0.2) is 5.76 Å². The highest BCUT2D eigenvalue weighted by Gasteiger charge is 2.24. The molecular formula is C23H20Cl3N3O3. The lowest BCUT2D eigenvalue weighted by molar-refractivity contribution is -0.129. The first kappa shape index (κ1) is 22.5. The Labute approximate surface area is 200 Å². The average molecular weight is 493 g/mol. The summed E-state index contributed by atoms with van der Waals surface area (Å²) in [6.07, 6.45) is 0. The monoisotopic (exact) mass is 491 g/mol. The third-order valence-electron chi connectivity index (χ3n) is 5.30. The summed E-state index contributed by atoms with van der Waals surface area (Å²) in [5.74, 6) is 0.198. The number of carbonyl (C=O) groups excluding carboxylic acids is 2. The smallest absolute Gasteiger partial charge is 0.291 e. The van der Waals surface area contributed by atoms with Crippen molar-refractivity contribution in [3.8, 4) is 11.3 Å². The number of anilines is 2. The highest BCUT2D eigenvalue weighted by molar-refractivity contribution is 6.35. The van der Waals surface area contributed by atoms with Crippen molar-refractivity contribution in [2.24, 2.45) is 0 Å². The van der Waals surface area contributed by atoms with Gasteiger partial charge in [-0.25, -0.2) is 0 Å². The molecule has 1 fully saturated rings. The summed E-state index contributed by atoms with van der Waals surface area (Å²) in [4.78, 5) is 28.4. The van der Waals surface area contributed by atoms with Crippen molar-refractivity contribution in [2.75, 3.05) is 36.4 Å². The van der Waals surface area contributed by atoms with Gasteiger partial charge in [0, 0.05) is 43.7 Å². The fourth-order valence-electron chi connectivity index (χ4n) is 3.66. The van der Waals surface area contributed by atoms with Gasteiger partial charge in [0.1, 0.15) is 5.76 Å². The molecule has 32 heavy (non-hydrogen) atoms. The maximum Gasteiger partial charge on any atom is 0.291 e. The second-order valence-electron chi connectivity index (χ2n) is 7.37. The van der Waals surface area contributed by atoms with Crippen LogP contribution >= 0.6 is 34.8 Å². The van der Waals surface area contributed by atoms with E-state index < -0.39 is 5.91 Å². The summed E-state index contributed by atoms with van der Waals surface area (Å²) in [6, 6.07) is 13.6. The van der Waals surface area contributed by atoms with Gasteiger partial charge < -0.3 is 19.5 Å². The second kappa shape index (κ2) is 9.45. The lowest BCUT2D eigenvalue weighted by Gasteiger charge is -2.36. The van der Waals surface area contributed by atoms with Crippen LogP contribution in [0, 0.1) is 0 Å². The van der Waals surface area contributed by atoms with E-state index in [-0.39, 0.29) is 11.7 Å². The van der Waals surface area contributed by atoms with Crippen LogP contribution in [0.3, 0.4) is 0 Å². The van der Waals surface area contributed by atoms with Gasteiger partial charge in [0.05, 0.1) is 21.4 Å². The summed E-state index contributed by atoms with van der Waals surface area (Å²) < 4.78 is 5.75. The number of hydrogen-bond donors (Lipinski definition) is 1. The highest BCUT2D eigenvalue weighted by atomic mass is 35.5. The van der Waals surface area contributed by atoms with Crippen LogP contribution in [0.1, 0.15) is 17.5 Å². The largest absolute Gasteiger partial charge is 0.451 e. The van der Waals surface area contributed by atoms with Crippen molar-refractivity contribution >= 4 is 58.0 Å². The van der Waals surface area contributed by atoms with E-state index in [4.69, 9.17) is 39.2 Å². The van der Waals surface area contributed by atoms with Crippen molar-refractivity contribution in [1.29, 1.82) is 0 Å². The number of hydrogen-bond acceptors (Lipinski definition) is 4. The first-order chi connectivity index (χ1) is 15.3. The van der Waals surface area contributed by atoms with Crippen molar-refractivity contribution in [2.45, 2.75) is 6.92 Å². The van der Waals surface area contributed by atoms with Gasteiger partial charge in [-0.05, 0) is 42.5 Å². The molecule has 166 valence electrons. The molecule has 0 unspecified atom stereocenters. The number of benzene rings is 2. The summed E-state index contributed by atoms with van der Waals surface area (Å²) in [6.45, 7) is 3.98. The van der Waals surface area contributed by atoms with Gasteiger partial charge >= 0.3 is 0 Å². The van der Waals surface area contributed by atoms with Gasteiger partial charge in [-0.3, -0.25) is 9.59 Å². The van der Waals surface area contributed by atoms with Gasteiger partial charge in [-0.15, -0.1) is 0 Å². The number of amides is 2. The molecule has 1 saturated heterocycles. The fraction of sp³-hybridized carbons (Fsp3) is 0.217. The number of carbonyl (C=O) groups is 2. The summed E-state index contributed by atoms with van der Waals surface area (Å²) in [5, 5.41) is 4.39. The number of furan rings is 1. The van der Waals surface area contributed by atoms with Gasteiger partial charge in [0.25, 0.3) is 5.91 Å². The van der Waals surface area contributed by atoms with Crippen LogP contribution in [0.15, 0.2) is 52.9 Å². The average Bonchev–Trinajstić information content (AvgIpc) is 3.26. The molecule has 0 atom stereocenters. The second-order valence-corrected chi connectivity index (χ2v) is 8.62. The Morgan fingerprint density at radius 3 is 2.41 bits per heavy atom. The van der Waals surface area contributed by atoms with E-state index in [1.807, 2.05) is 0 Å². The SMILES string of the molecule is CC(=O)N1CCN(c2c(Cl)cccc2NC(=O)c2ccc(-c3cc(Cl)ccc3Cl)o2)CC1. The molecule has 4 rings (SSSR count). The van der Waals surface area contributed by atoms with E-state index >= 15 is 0 Å². The van der Waals surface area contributed by atoms with Gasteiger partial charge in [-0.1, -0.05) is 40.9 Å². The lowest BCUT2D eigenvalue weighted by atomic mass is 10.2. The molecule has 6 nitrogen and oxygen atoms in total. The zero-order chi connectivity index (χ0) is 22.8. The normalized spacial score (nSPS) is 13.9. The molecule has 1 aliphatic rings. The third-order valence-corrected chi connectivity index (χ3v) is 6.17. The molecule has 1 N–H and O–H groups in total. The van der Waals surface area contributed by atoms with Crippen LogP contribution in [0.25, 0.3) is 11.3 Å². The fourth-order valence-corrected chi connectivity index (χ4v) is 4.33. The zero-order valence-corrected chi connectivity index (χ0v) is 19.5. The number of piperazine rings is 1. The molecule has 0 aliphatic carbocycles. The zero-order valence-electron chi connectivity index (χ0n) is 17.2. The first-order valence-corrected chi connectivity index (χ1v) is 11.1. The van der Waals surface area contributed by atoms with Crippen molar-refractivity contribution in [3.63, 3.8) is 0 Å². The Bertz CT molecular complexity index is 1170. The molecule has 1 aromatic heterocycles. The predicted molar refractivity (Wildman–Crippen MR) is 128 cm³/mol. The van der Waals surface area contributed by atoms with E-state index in [1.165, 1.54) is 0 Å². The summed E-state index contributed by atoms with van der Waals surface area (Å²) >= 11 is 18.8. The molecule has 0 saturated carbocycles. The number of rotatable bonds is 4. The third kappa shape index (κ3) is 4.72. The van der Waals surface area contributed by atoms with Crippen LogP contribution in [-0.4, -0.2) is 42.9 Å². The summed E-state index contributed by atoms with van der Waals surface area (Å²) in [5.41, 5.74) is 1.89. The van der Waals surface area contributed by atoms with E-state index in [0.717, 1.165) is 5.69 Å². The standard InChI is InChI=1S/C23H20Cl3N3O3/c1-14(30)28-9-11-29(12-10-28)22-18(26)3-2-4-19(22)27-23(31)21-8-7-20(32-21)16-13-15(24)5-6-17(16)25/h2-8,13H,9-12H2,1H3,(H,27,31). The Balaban J connectivity index is 1.55. The minimum atomic E-state index is -0.416. The van der Waals surface area contributed by atoms with Crippen molar-refractivity contribution < 1.29 is 14.0 Å². The predicted octanol–water partition coefficient (Wildman–Crippen LogP) is 5.83. The van der Waals surface area contributed by atoms with Crippen LogP contribution < -0.4 is 10.2 Å². The minimum absolute atomic E-state index is 0.0470. The molecule has 2 heterocycles. The van der Waals surface area contributed by atoms with Crippen LogP contribution in [0.5, 0.6) is 0 Å². The molecule has 2 amide bonds. The van der Waals surface area contributed by atoms with E-state index in [0.29, 0.717) is 58.3 Å². The van der Waals surface area contributed by atoms with E-state index in [9.17, 15) is 9.59 Å². The number of para-hydroxylation sites is 1. The lowest BCUT2D eigenvalue weighted by Crippen LogP contribution is -2.48. The Hall–Kier alpha value is -2.67. The van der Waals surface area contributed by atoms with Crippen LogP contribution in [0.4, 0.5) is 11.4 Å². The minimum Gasteiger partial charge on any atom is -0.451 e. The quantitative estimate of drug-likeness (QED) is 0.498. The Morgan fingerprint density at radius 2 is 1.69 bits per heavy atom. The van der Waals surface area contributed by atoms with Crippen LogP contribution in [0.2, 0.25) is 15.1 Å². The number of nitrogens with zero attached hydrogens (tertiary/aromatic N) is 2. The number of halogens is 3. The van der Waals surface area contributed by atoms with E-state index in [1.54, 1.807) is 60.4 Å². The first-order valence-electron chi connectivity index (χ1n) is 9.99. The molecule has 1 aliphatic heterocycles. The Kier molecular flexibility index (Phi) is 6.65. The molecule has 2 aromatic carbocycles. The molecule has 9 heteroatoms. The van der Waals surface area contributed by atoms with Crippen LogP contribution in [-0.2, 0) is 4.79 Å². The number of nitrogens with one attached hydrogen (secondary N) is 1. The van der Waals surface area contributed by atoms with Crippen molar-refractivity contribution in [3.05, 3.63) is 69.4 Å². The maximum atomic E-state index is 12.9. The molecular weight excluding hydrogens is 473 g/mol. The summed E-state index contributed by atoms with van der Waals surface area (Å²) in [7, 11) is 0. The highest BCUT2D eigenvalue weighted by Crippen LogP contribution is 2.36. The topological polar surface area (TPSA) is 65.8 Å². The molecule has 0 spiro atoms. The maximum absolute atomic E-state index is 12.9. The van der Waals surface area contributed by atoms with Crippen molar-refractivity contribution in [1.82, 2.24) is 4.90 Å². The molecule has 0 radical (unpaired) electrons. The molecule has 3 aromatic rings. The Morgan fingerprint density at radius 1 is 0.938 bits per heavy atom. The van der Waals surface area contributed by atoms with Gasteiger partial charge in [0.2, 0.25) is 5.91 Å². The molecule has 0 bridgehead atoms.